The molecular weight excluding hydrogens is 415 g/mol. The van der Waals surface area contributed by atoms with Crippen LogP contribution in [0.1, 0.15) is 45.4 Å². The van der Waals surface area contributed by atoms with Crippen LogP contribution in [-0.4, -0.2) is 36.7 Å². The fraction of sp³-hybridized carbons (Fsp3) is 0.789. The SMILES string of the molecule is CC[C@H]1CC[C@H](C2=CCC(OC(F)(F)C(F)(F)C(F)(F)C(F)(F)CF)C=C2)CC1. The van der Waals surface area contributed by atoms with Gasteiger partial charge in [-0.1, -0.05) is 31.6 Å². The van der Waals surface area contributed by atoms with Crippen LogP contribution in [0.2, 0.25) is 0 Å². The average Bonchev–Trinajstić information content (AvgIpc) is 2.68. The number of hydrogen-bond acceptors (Lipinski definition) is 1. The van der Waals surface area contributed by atoms with Gasteiger partial charge in [0.05, 0.1) is 6.10 Å². The number of halogens is 9. The molecule has 0 N–H and O–H groups in total. The molecule has 0 aromatic carbocycles. The van der Waals surface area contributed by atoms with E-state index in [0.29, 0.717) is 5.92 Å². The summed E-state index contributed by atoms with van der Waals surface area (Å²) in [6.07, 6.45) is 0.856. The van der Waals surface area contributed by atoms with Crippen molar-refractivity contribution in [3.63, 3.8) is 0 Å². The van der Waals surface area contributed by atoms with Gasteiger partial charge in [0.15, 0.2) is 6.67 Å². The first-order valence-electron chi connectivity index (χ1n) is 9.42. The third kappa shape index (κ3) is 4.61. The quantitative estimate of drug-likeness (QED) is 0.373. The third-order valence-electron chi connectivity index (χ3n) is 5.67. The van der Waals surface area contributed by atoms with Gasteiger partial charge < -0.3 is 4.74 Å². The van der Waals surface area contributed by atoms with Gasteiger partial charge in [0.2, 0.25) is 0 Å². The van der Waals surface area contributed by atoms with Gasteiger partial charge in [-0.3, -0.25) is 0 Å². The molecule has 0 radical (unpaired) electrons. The minimum atomic E-state index is -6.64. The number of ether oxygens (including phenoxy) is 1. The maximum absolute atomic E-state index is 13.7. The zero-order valence-electron chi connectivity index (χ0n) is 15.7. The highest BCUT2D eigenvalue weighted by atomic mass is 19.4. The van der Waals surface area contributed by atoms with Crippen molar-refractivity contribution in [2.45, 2.75) is 75.4 Å². The molecule has 2 aliphatic rings. The highest BCUT2D eigenvalue weighted by molar-refractivity contribution is 5.27. The van der Waals surface area contributed by atoms with Crippen LogP contribution in [0.5, 0.6) is 0 Å². The van der Waals surface area contributed by atoms with Gasteiger partial charge in [-0.05, 0) is 49.5 Å². The fourth-order valence-corrected chi connectivity index (χ4v) is 3.67. The second-order valence-electron chi connectivity index (χ2n) is 7.58. The summed E-state index contributed by atoms with van der Waals surface area (Å²) in [5.41, 5.74) is 0.823. The number of allylic oxidation sites excluding steroid dienone is 2. The Hall–Kier alpha value is -1.19. The molecule has 1 fully saturated rings. The summed E-state index contributed by atoms with van der Waals surface area (Å²) < 4.78 is 123. The molecular formula is C19H23F9O. The zero-order chi connectivity index (χ0) is 22.1. The van der Waals surface area contributed by atoms with Gasteiger partial charge in [0.1, 0.15) is 0 Å². The highest BCUT2D eigenvalue weighted by Crippen LogP contribution is 2.53. The standard InChI is InChI=1S/C19H23F9O/c1-2-12-3-5-13(6-4-12)14-7-9-15(10-8-14)29-19(27,28)18(25,26)17(23,24)16(21,22)11-20/h7-9,12-13,15H,2-6,10-11H2,1H3/t12-,13-,15?. The lowest BCUT2D eigenvalue weighted by Crippen LogP contribution is -2.64. The Kier molecular flexibility index (Phi) is 7.07. The van der Waals surface area contributed by atoms with E-state index in [1.165, 1.54) is 12.2 Å². The van der Waals surface area contributed by atoms with Crippen molar-refractivity contribution in [3.05, 3.63) is 23.8 Å². The predicted molar refractivity (Wildman–Crippen MR) is 88.2 cm³/mol. The van der Waals surface area contributed by atoms with Crippen LogP contribution in [0.15, 0.2) is 23.8 Å². The van der Waals surface area contributed by atoms with Crippen molar-refractivity contribution in [3.8, 4) is 0 Å². The van der Waals surface area contributed by atoms with Gasteiger partial charge in [0, 0.05) is 0 Å². The lowest BCUT2D eigenvalue weighted by molar-refractivity contribution is -0.432. The van der Waals surface area contributed by atoms with Gasteiger partial charge in [-0.2, -0.15) is 35.1 Å². The van der Waals surface area contributed by atoms with Gasteiger partial charge in [-0.15, -0.1) is 0 Å². The molecule has 168 valence electrons. The molecule has 1 nitrogen and oxygen atoms in total. The topological polar surface area (TPSA) is 9.23 Å². The Balaban J connectivity index is 2.03. The minimum absolute atomic E-state index is 0.185. The van der Waals surface area contributed by atoms with Crippen LogP contribution in [-0.2, 0) is 4.74 Å². The van der Waals surface area contributed by atoms with E-state index < -0.39 is 36.7 Å². The summed E-state index contributed by atoms with van der Waals surface area (Å²) in [6.45, 7) is -1.13. The molecule has 1 atom stereocenters. The predicted octanol–water partition coefficient (Wildman–Crippen LogP) is 6.94. The third-order valence-corrected chi connectivity index (χ3v) is 5.67. The molecule has 1 saturated carbocycles. The minimum Gasteiger partial charge on any atom is -0.308 e. The molecule has 0 aliphatic heterocycles. The maximum atomic E-state index is 13.7. The van der Waals surface area contributed by atoms with Gasteiger partial charge in [0.25, 0.3) is 0 Å². The summed E-state index contributed by atoms with van der Waals surface area (Å²) in [6, 6.07) is 0. The van der Waals surface area contributed by atoms with E-state index in [0.717, 1.165) is 43.8 Å². The lowest BCUT2D eigenvalue weighted by Gasteiger charge is -2.36. The largest absolute Gasteiger partial charge is 0.426 e. The molecule has 10 heteroatoms. The van der Waals surface area contributed by atoms with E-state index in [1.54, 1.807) is 0 Å². The van der Waals surface area contributed by atoms with Crippen molar-refractivity contribution >= 4 is 0 Å². The molecule has 29 heavy (non-hydrogen) atoms. The zero-order valence-corrected chi connectivity index (χ0v) is 15.7. The molecule has 0 spiro atoms. The lowest BCUT2D eigenvalue weighted by atomic mass is 9.76. The molecule has 1 unspecified atom stereocenters. The molecule has 0 aromatic heterocycles. The van der Waals surface area contributed by atoms with E-state index in [2.05, 4.69) is 11.7 Å². The molecule has 2 rings (SSSR count). The van der Waals surface area contributed by atoms with Gasteiger partial charge in [-0.25, -0.2) is 4.39 Å². The van der Waals surface area contributed by atoms with Crippen LogP contribution in [0.25, 0.3) is 0 Å². The molecule has 0 amide bonds. The summed E-state index contributed by atoms with van der Waals surface area (Å²) in [5, 5.41) is 0. The Morgan fingerprint density at radius 3 is 1.97 bits per heavy atom. The average molecular weight is 438 g/mol. The van der Waals surface area contributed by atoms with Crippen LogP contribution in [0.4, 0.5) is 39.5 Å². The van der Waals surface area contributed by atoms with E-state index in [4.69, 9.17) is 0 Å². The Bertz CT molecular complexity index is 619. The van der Waals surface area contributed by atoms with E-state index in [1.807, 2.05) is 0 Å². The molecule has 0 bridgehead atoms. The maximum Gasteiger partial charge on any atom is 0.426 e. The van der Waals surface area contributed by atoms with Crippen molar-refractivity contribution in [2.75, 3.05) is 6.67 Å². The smallest absolute Gasteiger partial charge is 0.308 e. The molecule has 2 aliphatic carbocycles. The van der Waals surface area contributed by atoms with Crippen molar-refractivity contribution in [1.82, 2.24) is 0 Å². The summed E-state index contributed by atoms with van der Waals surface area (Å²) in [7, 11) is 0. The monoisotopic (exact) mass is 438 g/mol. The van der Waals surface area contributed by atoms with E-state index in [9.17, 15) is 39.5 Å². The Morgan fingerprint density at radius 1 is 0.931 bits per heavy atom. The second-order valence-corrected chi connectivity index (χ2v) is 7.58. The second kappa shape index (κ2) is 8.51. The first-order valence-corrected chi connectivity index (χ1v) is 9.42. The number of rotatable bonds is 8. The summed E-state index contributed by atoms with van der Waals surface area (Å²) >= 11 is 0. The number of alkyl halides is 9. The van der Waals surface area contributed by atoms with Crippen molar-refractivity contribution < 1.29 is 44.3 Å². The molecule has 0 aromatic rings. The van der Waals surface area contributed by atoms with Crippen LogP contribution < -0.4 is 0 Å². The Morgan fingerprint density at radius 2 is 1.52 bits per heavy atom. The summed E-state index contributed by atoms with van der Waals surface area (Å²) in [4.78, 5) is 0. The van der Waals surface area contributed by atoms with Crippen LogP contribution >= 0.6 is 0 Å². The van der Waals surface area contributed by atoms with E-state index >= 15 is 0 Å². The molecule has 0 saturated heterocycles. The van der Waals surface area contributed by atoms with Crippen molar-refractivity contribution in [2.24, 2.45) is 11.8 Å². The fourth-order valence-electron chi connectivity index (χ4n) is 3.67. The van der Waals surface area contributed by atoms with Gasteiger partial charge >= 0.3 is 23.9 Å². The van der Waals surface area contributed by atoms with Crippen LogP contribution in [0.3, 0.4) is 0 Å². The van der Waals surface area contributed by atoms with E-state index in [-0.39, 0.29) is 12.3 Å². The highest BCUT2D eigenvalue weighted by Gasteiger charge is 2.81. The normalized spacial score (nSPS) is 27.1. The summed E-state index contributed by atoms with van der Waals surface area (Å²) in [5.74, 6) is -18.4. The van der Waals surface area contributed by atoms with Crippen molar-refractivity contribution in [1.29, 1.82) is 0 Å². The Labute approximate surface area is 163 Å². The molecule has 0 heterocycles. The number of hydrogen-bond donors (Lipinski definition) is 0. The first-order chi connectivity index (χ1) is 13.3. The first kappa shape index (κ1) is 24.1. The van der Waals surface area contributed by atoms with Crippen LogP contribution in [0, 0.1) is 11.8 Å².